The molecule has 0 aromatic carbocycles. The van der Waals surface area contributed by atoms with Gasteiger partial charge >= 0.3 is 7.82 Å². The summed E-state index contributed by atoms with van der Waals surface area (Å²) in [6.07, 6.45) is 5.07. The number of fused-ring (bicyclic) bond motifs is 1. The van der Waals surface area contributed by atoms with E-state index in [1.807, 2.05) is 6.07 Å². The van der Waals surface area contributed by atoms with Gasteiger partial charge in [-0.3, -0.25) is 4.68 Å². The van der Waals surface area contributed by atoms with Gasteiger partial charge in [0.1, 0.15) is 17.5 Å². The molecule has 0 spiro atoms. The van der Waals surface area contributed by atoms with E-state index in [0.717, 1.165) is 5.39 Å². The van der Waals surface area contributed by atoms with Crippen LogP contribution >= 0.6 is 7.82 Å². The van der Waals surface area contributed by atoms with E-state index in [1.54, 1.807) is 30.9 Å². The summed E-state index contributed by atoms with van der Waals surface area (Å²) in [4.78, 5) is 33.1. The molecule has 0 bridgehead atoms. The van der Waals surface area contributed by atoms with Crippen LogP contribution in [0.1, 0.15) is 20.3 Å². The summed E-state index contributed by atoms with van der Waals surface area (Å²) >= 11 is 0. The zero-order valence-electron chi connectivity index (χ0n) is 17.7. The molecule has 178 valence electrons. The molecule has 33 heavy (non-hydrogen) atoms. The monoisotopic (exact) mass is 498 g/mol. The fourth-order valence-corrected chi connectivity index (χ4v) is 4.91. The summed E-state index contributed by atoms with van der Waals surface area (Å²) in [5.74, 6) is 0.267. The van der Waals surface area contributed by atoms with Crippen LogP contribution in [0, 0.1) is 11.3 Å². The van der Waals surface area contributed by atoms with Crippen molar-refractivity contribution in [3.63, 3.8) is 0 Å². The molecule has 1 saturated heterocycles. The van der Waals surface area contributed by atoms with E-state index < -0.39 is 28.6 Å². The number of phosphoric acid groups is 1. The molecule has 0 radical (unpaired) electrons. The molecule has 4 rings (SSSR count). The first-order valence-electron chi connectivity index (χ1n) is 9.57. The number of sulfonamides is 1. The van der Waals surface area contributed by atoms with Crippen molar-refractivity contribution >= 4 is 34.7 Å². The van der Waals surface area contributed by atoms with Crippen molar-refractivity contribution in [3.8, 4) is 17.3 Å². The van der Waals surface area contributed by atoms with Crippen molar-refractivity contribution in [2.75, 3.05) is 18.8 Å². The lowest BCUT2D eigenvalue weighted by molar-refractivity contribution is 0.0714. The fourth-order valence-electron chi connectivity index (χ4n) is 3.47. The third kappa shape index (κ3) is 5.06. The maximum Gasteiger partial charge on any atom is 0.466 e. The number of aromatic amines is 1. The first kappa shape index (κ1) is 24.8. The number of nitriles is 1. The second-order valence-electron chi connectivity index (χ2n) is 7.77. The molecule has 0 saturated carbocycles. The predicted molar refractivity (Wildman–Crippen MR) is 118 cm³/mol. The minimum atomic E-state index is -4.64. The van der Waals surface area contributed by atoms with Gasteiger partial charge in [-0.1, -0.05) is 0 Å². The van der Waals surface area contributed by atoms with Gasteiger partial charge in [0.05, 0.1) is 29.0 Å². The van der Waals surface area contributed by atoms with Crippen LogP contribution in [0.5, 0.6) is 0 Å². The largest absolute Gasteiger partial charge is 0.466 e. The minimum Gasteiger partial charge on any atom is -0.382 e. The number of anilines is 1. The number of hydrogen-bond acceptors (Lipinski definition) is 8. The highest BCUT2D eigenvalue weighted by Crippen LogP contribution is 2.38. The molecule has 16 heteroatoms. The molecule has 0 atom stereocenters. The second-order valence-corrected chi connectivity index (χ2v) is 11.3. The van der Waals surface area contributed by atoms with Crippen LogP contribution in [0.2, 0.25) is 0 Å². The van der Waals surface area contributed by atoms with E-state index in [4.69, 9.17) is 25.0 Å². The minimum absolute atomic E-state index is 0.126. The van der Waals surface area contributed by atoms with E-state index in [-0.39, 0.29) is 25.3 Å². The van der Waals surface area contributed by atoms with Crippen molar-refractivity contribution < 1.29 is 27.7 Å². The Morgan fingerprint density at radius 1 is 1.33 bits per heavy atom. The fraction of sp³-hybridized carbons (Fsp3) is 0.412. The van der Waals surface area contributed by atoms with Gasteiger partial charge < -0.3 is 25.4 Å². The molecule has 1 aliphatic rings. The summed E-state index contributed by atoms with van der Waals surface area (Å²) < 4.78 is 36.7. The Kier molecular flexibility index (Phi) is 6.62. The van der Waals surface area contributed by atoms with Gasteiger partial charge in [-0.15, -0.1) is 0 Å². The number of nitrogens with two attached hydrogens (primary N) is 1. The molecule has 6 N–H and O–H groups in total. The summed E-state index contributed by atoms with van der Waals surface area (Å²) in [7, 11) is -8.03. The maximum absolute atomic E-state index is 12.4. The highest BCUT2D eigenvalue weighted by Gasteiger charge is 2.51. The van der Waals surface area contributed by atoms with Crippen molar-refractivity contribution in [3.05, 3.63) is 24.8 Å². The van der Waals surface area contributed by atoms with Crippen LogP contribution in [-0.2, 0) is 20.1 Å². The molecule has 4 heterocycles. The van der Waals surface area contributed by atoms with Gasteiger partial charge in [0.15, 0.2) is 5.82 Å². The number of nitrogens with zero attached hydrogens (tertiary/aromatic N) is 6. The van der Waals surface area contributed by atoms with Crippen molar-refractivity contribution in [1.82, 2.24) is 29.0 Å². The lowest BCUT2D eigenvalue weighted by Crippen LogP contribution is -2.65. The van der Waals surface area contributed by atoms with Crippen molar-refractivity contribution in [2.24, 2.45) is 0 Å². The van der Waals surface area contributed by atoms with Crippen LogP contribution in [0.15, 0.2) is 24.8 Å². The summed E-state index contributed by atoms with van der Waals surface area (Å²) in [6.45, 7) is 3.65. The van der Waals surface area contributed by atoms with Crippen LogP contribution in [0.4, 0.5) is 5.82 Å². The van der Waals surface area contributed by atoms with Crippen molar-refractivity contribution in [2.45, 2.75) is 31.1 Å². The molecule has 3 aromatic heterocycles. The lowest BCUT2D eigenvalue weighted by Gasteiger charge is -2.48. The number of rotatable bonds is 5. The molecular weight excluding hydrogens is 475 g/mol. The third-order valence-electron chi connectivity index (χ3n) is 5.14. The molecule has 0 amide bonds. The quantitative estimate of drug-likeness (QED) is 0.297. The van der Waals surface area contributed by atoms with E-state index in [2.05, 4.69) is 26.1 Å². The van der Waals surface area contributed by atoms with Gasteiger partial charge in [-0.25, -0.2) is 23.0 Å². The van der Waals surface area contributed by atoms with Gasteiger partial charge in [0, 0.05) is 30.9 Å². The Morgan fingerprint density at radius 2 is 1.97 bits per heavy atom. The van der Waals surface area contributed by atoms with Crippen LogP contribution in [0.25, 0.3) is 22.3 Å². The molecule has 0 unspecified atom stereocenters. The maximum atomic E-state index is 12.4. The van der Waals surface area contributed by atoms with Crippen LogP contribution in [0.3, 0.4) is 0 Å². The Morgan fingerprint density at radius 3 is 2.55 bits per heavy atom. The summed E-state index contributed by atoms with van der Waals surface area (Å²) in [5, 5.41) is 14.0. The third-order valence-corrected chi connectivity index (χ3v) is 7.31. The molecule has 1 aliphatic heterocycles. The van der Waals surface area contributed by atoms with Gasteiger partial charge in [0.2, 0.25) is 10.0 Å². The molecular formula is C17H23N8O6PS. The molecule has 1 fully saturated rings. The second kappa shape index (κ2) is 8.82. The topological polar surface area (TPSA) is 224 Å². The molecule has 3 aromatic rings. The normalized spacial score (nSPS) is 16.2. The Hall–Kier alpha value is -2.86. The van der Waals surface area contributed by atoms with E-state index in [0.29, 0.717) is 16.9 Å². The number of nitrogen functional groups attached to an aromatic ring is 1. The predicted octanol–water partition coefficient (Wildman–Crippen LogP) is 0.138. The highest BCUT2D eigenvalue weighted by atomic mass is 32.2. The van der Waals surface area contributed by atoms with E-state index in [1.165, 1.54) is 10.6 Å². The average molecular weight is 498 g/mol. The highest BCUT2D eigenvalue weighted by molar-refractivity contribution is 7.89. The average Bonchev–Trinajstić information content (AvgIpc) is 3.29. The van der Waals surface area contributed by atoms with E-state index >= 15 is 0 Å². The zero-order chi connectivity index (χ0) is 24.6. The number of hydrogen-bond donors (Lipinski definition) is 5. The molecule has 14 nitrogen and oxygen atoms in total. The first-order valence-corrected chi connectivity index (χ1v) is 12.6. The molecule has 0 aliphatic carbocycles. The smallest absolute Gasteiger partial charge is 0.382 e. The standard InChI is InChI=1S/C17H20N8O2S.H3O4P/c1-11(2)28(26,27)24-8-17(9-24,4-5-18)25-7-13(15(19)23-25)14-12-3-6-20-16(12)22-10-21-14;1-5(2,3)4/h3,6-7,10-11H,4,8-9H2,1-2H3,(H2,19,23)(H,20,21,22);(H3,1,2,3,4). The summed E-state index contributed by atoms with van der Waals surface area (Å²) in [6, 6.07) is 4.00. The number of H-pyrrole nitrogens is 1. The van der Waals surface area contributed by atoms with Gasteiger partial charge in [0.25, 0.3) is 0 Å². The first-order chi connectivity index (χ1) is 15.3. The number of aromatic nitrogens is 5. The van der Waals surface area contributed by atoms with Crippen molar-refractivity contribution in [1.29, 1.82) is 5.26 Å². The lowest BCUT2D eigenvalue weighted by atomic mass is 9.89. The van der Waals surface area contributed by atoms with Gasteiger partial charge in [-0.2, -0.15) is 14.7 Å². The summed E-state index contributed by atoms with van der Waals surface area (Å²) in [5.41, 5.74) is 7.35. The Balaban J connectivity index is 0.000000555. The Labute approximate surface area is 189 Å². The number of nitrogens with one attached hydrogen (secondary N) is 1. The van der Waals surface area contributed by atoms with Gasteiger partial charge in [-0.05, 0) is 19.9 Å². The SMILES string of the molecule is CC(C)S(=O)(=O)N1CC(CC#N)(n2cc(-c3ncnc4[nH]ccc34)c(N)n2)C1.O=P(O)(O)O. The van der Waals surface area contributed by atoms with Crippen LogP contribution in [-0.4, -0.2) is 70.5 Å². The zero-order valence-corrected chi connectivity index (χ0v) is 19.4. The Bertz CT molecular complexity index is 1340. The van der Waals surface area contributed by atoms with Crippen LogP contribution < -0.4 is 5.73 Å². The van der Waals surface area contributed by atoms with E-state index in [9.17, 15) is 13.7 Å².